The van der Waals surface area contributed by atoms with Gasteiger partial charge in [0, 0.05) is 43.4 Å². The lowest BCUT2D eigenvalue weighted by atomic mass is 9.94. The number of phenolic OH excluding ortho intramolecular Hbond substituents is 1. The van der Waals surface area contributed by atoms with Crippen LogP contribution in [0.25, 0.3) is 32.9 Å². The minimum Gasteiger partial charge on any atom is -0.508 e. The molecule has 2 aromatic heterocycles. The molecule has 3 aliphatic rings. The van der Waals surface area contributed by atoms with Gasteiger partial charge in [-0.25, -0.2) is 8.78 Å². The molecule has 0 radical (unpaired) electrons. The molecule has 3 atom stereocenters. The number of fused-ring (bicyclic) bond motifs is 3. The van der Waals surface area contributed by atoms with Crippen molar-refractivity contribution in [2.45, 2.75) is 45.1 Å². The number of ether oxygens (including phenoxy) is 1. The number of piperidine rings is 2. The summed E-state index contributed by atoms with van der Waals surface area (Å²) in [6, 6.07) is 5.97. The maximum absolute atomic E-state index is 16.6. The third-order valence-corrected chi connectivity index (χ3v) is 9.34. The van der Waals surface area contributed by atoms with Gasteiger partial charge < -0.3 is 24.7 Å². The van der Waals surface area contributed by atoms with Gasteiger partial charge in [0.25, 0.3) is 0 Å². The maximum Gasteiger partial charge on any atom is 0.319 e. The van der Waals surface area contributed by atoms with Crippen molar-refractivity contribution in [1.82, 2.24) is 19.9 Å². The van der Waals surface area contributed by atoms with Crippen molar-refractivity contribution in [2.24, 2.45) is 11.3 Å². The van der Waals surface area contributed by atoms with E-state index in [1.54, 1.807) is 13.0 Å². The van der Waals surface area contributed by atoms with Gasteiger partial charge in [-0.05, 0) is 80.1 Å². The number of nitrogens with zero attached hydrogens (tertiary/aromatic N) is 5. The first-order chi connectivity index (χ1) is 20.1. The zero-order valence-electron chi connectivity index (χ0n) is 24.1. The van der Waals surface area contributed by atoms with Crippen molar-refractivity contribution in [3.63, 3.8) is 0 Å². The van der Waals surface area contributed by atoms with Gasteiger partial charge >= 0.3 is 6.01 Å². The highest BCUT2D eigenvalue weighted by atomic mass is 19.1. The summed E-state index contributed by atoms with van der Waals surface area (Å²) in [4.78, 5) is 18.0. The van der Waals surface area contributed by atoms with Crippen LogP contribution >= 0.6 is 0 Å². The molecule has 10 heteroatoms. The highest BCUT2D eigenvalue weighted by molar-refractivity contribution is 6.01. The molecule has 4 heterocycles. The Hall–Kier alpha value is -3.63. The Morgan fingerprint density at radius 2 is 2.00 bits per heavy atom. The largest absolute Gasteiger partial charge is 0.508 e. The van der Waals surface area contributed by atoms with Crippen LogP contribution in [0.3, 0.4) is 0 Å². The van der Waals surface area contributed by atoms with E-state index in [2.05, 4.69) is 21.9 Å². The number of aromatic nitrogens is 3. The van der Waals surface area contributed by atoms with Crippen molar-refractivity contribution in [2.75, 3.05) is 44.7 Å². The van der Waals surface area contributed by atoms with Gasteiger partial charge in [0.05, 0.1) is 17.6 Å². The molecule has 2 aliphatic heterocycles. The number of aryl methyl sites for hydroxylation is 1. The normalized spacial score (nSPS) is 25.8. The van der Waals surface area contributed by atoms with E-state index in [4.69, 9.17) is 9.72 Å². The summed E-state index contributed by atoms with van der Waals surface area (Å²) >= 11 is 0. The Morgan fingerprint density at radius 3 is 2.74 bits per heavy atom. The standard InChI is InChI=1S/C32H35F2N5O3/c1-4-21-24(33)7-6-18-10-20(40)11-22(25(18)21)27-26(34)28-23(13-35-27)29(39-9-5-8-31(2,41)15-39)37-30(36-28)42-17-32-12-19(32)14-38(3)16-32/h6-7,10-11,13,19,40-41H,4-5,8-9,12,14-17H2,1-3H3/t19?,31-,32?/m1/s1. The number of aliphatic hydroxyl groups is 1. The third kappa shape index (κ3) is 4.52. The molecule has 1 aliphatic carbocycles. The quantitative estimate of drug-likeness (QED) is 0.329. The highest BCUT2D eigenvalue weighted by Gasteiger charge is 2.59. The SMILES string of the molecule is CCc1c(F)ccc2cc(O)cc(-c3ncc4c(N5CCC[C@@](C)(O)C5)nc(OCC56CC5CN(C)C6)nc4c3F)c12. The second-order valence-electron chi connectivity index (χ2n) is 12.8. The molecule has 2 saturated heterocycles. The van der Waals surface area contributed by atoms with Crippen LogP contribution in [0.15, 0.2) is 30.5 Å². The van der Waals surface area contributed by atoms with E-state index in [0.29, 0.717) is 66.0 Å². The average molecular weight is 576 g/mol. The van der Waals surface area contributed by atoms with Crippen molar-refractivity contribution in [1.29, 1.82) is 0 Å². The Kier molecular flexibility index (Phi) is 6.29. The number of rotatable bonds is 6. The van der Waals surface area contributed by atoms with Gasteiger partial charge in [0.15, 0.2) is 5.82 Å². The van der Waals surface area contributed by atoms with Crippen LogP contribution in [0.5, 0.6) is 11.8 Å². The average Bonchev–Trinajstić information content (AvgIpc) is 3.51. The number of pyridine rings is 1. The van der Waals surface area contributed by atoms with E-state index in [1.807, 2.05) is 11.8 Å². The highest BCUT2D eigenvalue weighted by Crippen LogP contribution is 2.57. The molecule has 0 bridgehead atoms. The lowest BCUT2D eigenvalue weighted by molar-refractivity contribution is 0.0447. The molecular formula is C32H35F2N5O3. The fourth-order valence-electron chi connectivity index (χ4n) is 7.24. The van der Waals surface area contributed by atoms with E-state index < -0.39 is 17.2 Å². The van der Waals surface area contributed by atoms with Crippen LogP contribution < -0.4 is 9.64 Å². The maximum atomic E-state index is 16.6. The van der Waals surface area contributed by atoms with Crippen LogP contribution in [0.4, 0.5) is 14.6 Å². The third-order valence-electron chi connectivity index (χ3n) is 9.34. The van der Waals surface area contributed by atoms with E-state index in [0.717, 1.165) is 25.9 Å². The molecule has 0 amide bonds. The summed E-state index contributed by atoms with van der Waals surface area (Å²) in [6.45, 7) is 7.01. The Bertz CT molecular complexity index is 1730. The molecule has 2 N–H and O–H groups in total. The molecule has 7 rings (SSSR count). The van der Waals surface area contributed by atoms with Crippen LogP contribution in [-0.2, 0) is 6.42 Å². The second-order valence-corrected chi connectivity index (χ2v) is 12.8. The summed E-state index contributed by atoms with van der Waals surface area (Å²) in [6.07, 6.45) is 4.41. The van der Waals surface area contributed by atoms with Crippen molar-refractivity contribution in [3.05, 3.63) is 47.7 Å². The number of β-amino-alcohol motifs (C(OH)–C–C–N with tert-alkyl or cyclic N) is 1. The molecule has 4 aromatic rings. The zero-order valence-corrected chi connectivity index (χ0v) is 24.1. The van der Waals surface area contributed by atoms with E-state index in [1.165, 1.54) is 24.4 Å². The summed E-state index contributed by atoms with van der Waals surface area (Å²) < 4.78 is 37.7. The lowest BCUT2D eigenvalue weighted by Crippen LogP contribution is -2.46. The minimum atomic E-state index is -0.918. The monoisotopic (exact) mass is 575 g/mol. The summed E-state index contributed by atoms with van der Waals surface area (Å²) in [5, 5.41) is 22.8. The van der Waals surface area contributed by atoms with Gasteiger partial charge in [0.1, 0.15) is 28.6 Å². The van der Waals surface area contributed by atoms with Gasteiger partial charge in [-0.2, -0.15) is 9.97 Å². The Labute approximate surface area is 243 Å². The topological polar surface area (TPSA) is 94.8 Å². The zero-order chi connectivity index (χ0) is 29.4. The molecule has 1 saturated carbocycles. The minimum absolute atomic E-state index is 0.0320. The number of phenols is 1. The van der Waals surface area contributed by atoms with Crippen molar-refractivity contribution < 1.29 is 23.7 Å². The van der Waals surface area contributed by atoms with Crippen LogP contribution in [0.1, 0.15) is 38.7 Å². The van der Waals surface area contributed by atoms with Crippen LogP contribution in [-0.4, -0.2) is 75.5 Å². The number of anilines is 1. The van der Waals surface area contributed by atoms with Crippen LogP contribution in [0.2, 0.25) is 0 Å². The molecule has 0 spiro atoms. The van der Waals surface area contributed by atoms with Crippen LogP contribution in [0, 0.1) is 23.0 Å². The fraction of sp³-hybridized carbons (Fsp3) is 0.469. The summed E-state index contributed by atoms with van der Waals surface area (Å²) in [5.74, 6) is -0.131. The second kappa shape index (κ2) is 9.70. The van der Waals surface area contributed by atoms with E-state index in [-0.39, 0.29) is 33.9 Å². The first-order valence-electron chi connectivity index (χ1n) is 14.7. The molecule has 2 aromatic carbocycles. The number of hydrogen-bond donors (Lipinski definition) is 2. The fourth-order valence-corrected chi connectivity index (χ4v) is 7.24. The molecule has 2 unspecified atom stereocenters. The predicted molar refractivity (Wildman–Crippen MR) is 157 cm³/mol. The van der Waals surface area contributed by atoms with Crippen molar-refractivity contribution >= 4 is 27.5 Å². The molecule has 220 valence electrons. The van der Waals surface area contributed by atoms with Gasteiger partial charge in [-0.15, -0.1) is 0 Å². The Morgan fingerprint density at radius 1 is 1.17 bits per heavy atom. The van der Waals surface area contributed by atoms with Gasteiger partial charge in [0.2, 0.25) is 0 Å². The summed E-state index contributed by atoms with van der Waals surface area (Å²) in [7, 11) is 2.10. The number of halogens is 2. The summed E-state index contributed by atoms with van der Waals surface area (Å²) in [5.41, 5.74) is -0.138. The lowest BCUT2D eigenvalue weighted by Gasteiger charge is -2.37. The first kappa shape index (κ1) is 27.2. The van der Waals surface area contributed by atoms with E-state index in [9.17, 15) is 14.6 Å². The van der Waals surface area contributed by atoms with Gasteiger partial charge in [-0.1, -0.05) is 13.0 Å². The van der Waals surface area contributed by atoms with Gasteiger partial charge in [-0.3, -0.25) is 4.98 Å². The van der Waals surface area contributed by atoms with E-state index >= 15 is 4.39 Å². The molecule has 3 fully saturated rings. The molecular weight excluding hydrogens is 540 g/mol. The molecule has 42 heavy (non-hydrogen) atoms. The predicted octanol–water partition coefficient (Wildman–Crippen LogP) is 5.07. The molecule has 8 nitrogen and oxygen atoms in total. The smallest absolute Gasteiger partial charge is 0.319 e. The number of likely N-dealkylation sites (tertiary alicyclic amines) is 1. The Balaban J connectivity index is 1.38. The number of aromatic hydroxyl groups is 1. The van der Waals surface area contributed by atoms with Crippen molar-refractivity contribution in [3.8, 4) is 23.0 Å². The first-order valence-corrected chi connectivity index (χ1v) is 14.7. The number of benzene rings is 2. The number of hydrogen-bond acceptors (Lipinski definition) is 8.